The Kier molecular flexibility index (Phi) is 5.28. The van der Waals surface area contributed by atoms with Crippen LogP contribution in [0.2, 0.25) is 0 Å². The summed E-state index contributed by atoms with van der Waals surface area (Å²) >= 11 is 0. The summed E-state index contributed by atoms with van der Waals surface area (Å²) in [5.41, 5.74) is 1.18. The van der Waals surface area contributed by atoms with E-state index in [1.165, 1.54) is 31.2 Å². The molecule has 1 aliphatic heterocycles. The lowest BCUT2D eigenvalue weighted by Gasteiger charge is -2.29. The van der Waals surface area contributed by atoms with E-state index in [0.29, 0.717) is 25.6 Å². The minimum atomic E-state index is -0.000507. The third-order valence-corrected chi connectivity index (χ3v) is 4.83. The fourth-order valence-electron chi connectivity index (χ4n) is 3.67. The molecule has 2 amide bonds. The molecule has 124 valence electrons. The molecule has 5 nitrogen and oxygen atoms in total. The highest BCUT2D eigenvalue weighted by atomic mass is 16.2. The number of nitrogens with one attached hydrogen (secondary N) is 2. The molecule has 23 heavy (non-hydrogen) atoms. The lowest BCUT2D eigenvalue weighted by Crippen LogP contribution is -2.51. The van der Waals surface area contributed by atoms with Crippen molar-refractivity contribution >= 4 is 11.8 Å². The molecule has 2 N–H and O–H groups in total. The van der Waals surface area contributed by atoms with E-state index in [4.69, 9.17) is 0 Å². The van der Waals surface area contributed by atoms with Gasteiger partial charge in [-0.2, -0.15) is 0 Å². The Morgan fingerprint density at radius 2 is 2.00 bits per heavy atom. The molecule has 1 heterocycles. The van der Waals surface area contributed by atoms with E-state index < -0.39 is 0 Å². The van der Waals surface area contributed by atoms with Crippen LogP contribution < -0.4 is 10.6 Å². The van der Waals surface area contributed by atoms with Crippen LogP contribution in [0, 0.1) is 5.92 Å². The summed E-state index contributed by atoms with van der Waals surface area (Å²) in [5.74, 6) is 0.533. The second-order valence-corrected chi connectivity index (χ2v) is 6.56. The Morgan fingerprint density at radius 3 is 2.70 bits per heavy atom. The van der Waals surface area contributed by atoms with E-state index in [1.54, 1.807) is 0 Å². The molecular weight excluding hydrogens is 290 g/mol. The maximum Gasteiger partial charge on any atom is 0.234 e. The zero-order chi connectivity index (χ0) is 16.1. The van der Waals surface area contributed by atoms with Crippen molar-refractivity contribution in [2.75, 3.05) is 26.2 Å². The normalized spacial score (nSPS) is 21.0. The summed E-state index contributed by atoms with van der Waals surface area (Å²) in [7, 11) is 0. The van der Waals surface area contributed by atoms with Gasteiger partial charge < -0.3 is 10.6 Å². The third kappa shape index (κ3) is 4.32. The summed E-state index contributed by atoms with van der Waals surface area (Å²) in [4.78, 5) is 25.8. The molecule has 1 atom stereocenters. The lowest BCUT2D eigenvalue weighted by atomic mass is 9.91. The van der Waals surface area contributed by atoms with Crippen LogP contribution in [-0.2, 0) is 9.59 Å². The fourth-order valence-corrected chi connectivity index (χ4v) is 3.67. The van der Waals surface area contributed by atoms with Crippen LogP contribution in [0.3, 0.4) is 0 Å². The van der Waals surface area contributed by atoms with Gasteiger partial charge in [-0.25, -0.2) is 0 Å². The van der Waals surface area contributed by atoms with Crippen LogP contribution >= 0.6 is 0 Å². The first-order valence-electron chi connectivity index (χ1n) is 8.56. The molecule has 5 heteroatoms. The molecule has 1 saturated heterocycles. The van der Waals surface area contributed by atoms with Gasteiger partial charge in [0.15, 0.2) is 0 Å². The number of benzene rings is 1. The molecule has 1 aliphatic carbocycles. The highest BCUT2D eigenvalue weighted by molar-refractivity contribution is 5.82. The maximum absolute atomic E-state index is 12.5. The molecule has 0 bridgehead atoms. The highest BCUT2D eigenvalue weighted by Crippen LogP contribution is 2.35. The third-order valence-electron chi connectivity index (χ3n) is 4.83. The summed E-state index contributed by atoms with van der Waals surface area (Å²) in [6.07, 6.45) is 4.84. The van der Waals surface area contributed by atoms with Crippen molar-refractivity contribution < 1.29 is 9.59 Å². The van der Waals surface area contributed by atoms with E-state index in [-0.39, 0.29) is 17.9 Å². The lowest BCUT2D eigenvalue weighted by molar-refractivity contribution is -0.127. The average Bonchev–Trinajstić information content (AvgIpc) is 3.07. The zero-order valence-corrected chi connectivity index (χ0v) is 13.5. The number of nitrogens with zero attached hydrogens (tertiary/aromatic N) is 1. The van der Waals surface area contributed by atoms with E-state index in [9.17, 15) is 9.59 Å². The maximum atomic E-state index is 12.5. The van der Waals surface area contributed by atoms with Crippen LogP contribution in [0.4, 0.5) is 0 Å². The van der Waals surface area contributed by atoms with Crippen molar-refractivity contribution in [3.63, 3.8) is 0 Å². The van der Waals surface area contributed by atoms with Gasteiger partial charge in [0.2, 0.25) is 11.8 Å². The van der Waals surface area contributed by atoms with Crippen LogP contribution in [0.1, 0.15) is 37.3 Å². The van der Waals surface area contributed by atoms with Gasteiger partial charge in [-0.3, -0.25) is 14.5 Å². The molecule has 0 spiro atoms. The number of carbonyl (C=O) groups is 2. The number of hydrogen-bond acceptors (Lipinski definition) is 3. The first-order chi connectivity index (χ1) is 11.2. The summed E-state index contributed by atoms with van der Waals surface area (Å²) in [6, 6.07) is 10.3. The molecule has 1 unspecified atom stereocenters. The Balaban J connectivity index is 1.63. The predicted octanol–water partition coefficient (Wildman–Crippen LogP) is 1.47. The minimum absolute atomic E-state index is 0.000507. The number of amides is 2. The average molecular weight is 315 g/mol. The standard InChI is InChI=1S/C18H25N3O2/c22-16-12-21(11-10-19-16)13-17(23)20-18(15-8-4-5-9-15)14-6-2-1-3-7-14/h1-3,6-7,15,18H,4-5,8-13H2,(H,19,22)(H,20,23). The smallest absolute Gasteiger partial charge is 0.234 e. The summed E-state index contributed by atoms with van der Waals surface area (Å²) < 4.78 is 0. The Bertz CT molecular complexity index is 540. The van der Waals surface area contributed by atoms with Crippen molar-refractivity contribution in [2.24, 2.45) is 5.92 Å². The Labute approximate surface area is 137 Å². The van der Waals surface area contributed by atoms with E-state index in [2.05, 4.69) is 22.8 Å². The van der Waals surface area contributed by atoms with Crippen LogP contribution in [-0.4, -0.2) is 42.9 Å². The largest absolute Gasteiger partial charge is 0.354 e. The number of carbonyl (C=O) groups excluding carboxylic acids is 2. The van der Waals surface area contributed by atoms with Crippen molar-refractivity contribution in [1.29, 1.82) is 0 Å². The van der Waals surface area contributed by atoms with E-state index in [1.807, 2.05) is 23.1 Å². The van der Waals surface area contributed by atoms with Gasteiger partial charge in [-0.15, -0.1) is 0 Å². The summed E-state index contributed by atoms with van der Waals surface area (Å²) in [6.45, 7) is 1.96. The van der Waals surface area contributed by atoms with Crippen molar-refractivity contribution in [1.82, 2.24) is 15.5 Å². The Hall–Kier alpha value is -1.88. The predicted molar refractivity (Wildman–Crippen MR) is 88.7 cm³/mol. The van der Waals surface area contributed by atoms with Crippen molar-refractivity contribution in [2.45, 2.75) is 31.7 Å². The van der Waals surface area contributed by atoms with Gasteiger partial charge in [0, 0.05) is 13.1 Å². The second-order valence-electron chi connectivity index (χ2n) is 6.56. The monoisotopic (exact) mass is 315 g/mol. The first-order valence-corrected chi connectivity index (χ1v) is 8.56. The number of hydrogen-bond donors (Lipinski definition) is 2. The number of rotatable bonds is 5. The molecule has 2 aliphatic rings. The Morgan fingerprint density at radius 1 is 1.26 bits per heavy atom. The van der Waals surface area contributed by atoms with Gasteiger partial charge in [0.25, 0.3) is 0 Å². The van der Waals surface area contributed by atoms with Gasteiger partial charge in [-0.05, 0) is 24.3 Å². The second kappa shape index (κ2) is 7.59. The fraction of sp³-hybridized carbons (Fsp3) is 0.556. The van der Waals surface area contributed by atoms with Crippen molar-refractivity contribution in [3.8, 4) is 0 Å². The van der Waals surface area contributed by atoms with E-state index >= 15 is 0 Å². The first kappa shape index (κ1) is 16.0. The molecule has 0 aromatic heterocycles. The van der Waals surface area contributed by atoms with Crippen LogP contribution in [0.5, 0.6) is 0 Å². The highest BCUT2D eigenvalue weighted by Gasteiger charge is 2.28. The van der Waals surface area contributed by atoms with Gasteiger partial charge in [-0.1, -0.05) is 43.2 Å². The molecule has 0 radical (unpaired) electrons. The molecular formula is C18H25N3O2. The molecule has 2 fully saturated rings. The van der Waals surface area contributed by atoms with Crippen LogP contribution in [0.15, 0.2) is 30.3 Å². The SMILES string of the molecule is O=C1CN(CC(=O)NC(c2ccccc2)C2CCCC2)CCN1. The van der Waals surface area contributed by atoms with Gasteiger partial charge in [0.1, 0.15) is 0 Å². The quantitative estimate of drug-likeness (QED) is 0.865. The van der Waals surface area contributed by atoms with Gasteiger partial charge in [0.05, 0.1) is 19.1 Å². The topological polar surface area (TPSA) is 61.4 Å². The molecule has 1 aromatic carbocycles. The molecule has 1 saturated carbocycles. The molecule has 3 rings (SSSR count). The minimum Gasteiger partial charge on any atom is -0.354 e. The zero-order valence-electron chi connectivity index (χ0n) is 13.5. The van der Waals surface area contributed by atoms with E-state index in [0.717, 1.165) is 6.54 Å². The summed E-state index contributed by atoms with van der Waals surface area (Å²) in [5, 5.41) is 6.01. The number of piperazine rings is 1. The van der Waals surface area contributed by atoms with Gasteiger partial charge >= 0.3 is 0 Å². The van der Waals surface area contributed by atoms with Crippen LogP contribution in [0.25, 0.3) is 0 Å². The van der Waals surface area contributed by atoms with Crippen molar-refractivity contribution in [3.05, 3.63) is 35.9 Å². The molecule has 1 aromatic rings.